The Kier molecular flexibility index (Phi) is 16.1. The molecule has 0 aliphatic rings. The number of quaternary nitrogens is 1. The number of hydrogen-bond donors (Lipinski definition) is 0. The number of unbranched alkanes of at least 4 members (excludes halogenated alkanes) is 9. The molecule has 0 bridgehead atoms. The molecule has 0 heterocycles. The maximum Gasteiger partial charge on any atom is 0.389 e. The van der Waals surface area contributed by atoms with Gasteiger partial charge < -0.3 is 12.4 Å². The fourth-order valence-electron chi connectivity index (χ4n) is 3.56. The van der Waals surface area contributed by atoms with Gasteiger partial charge in [0.1, 0.15) is 14.1 Å². The quantitative estimate of drug-likeness (QED) is 0.133. The molecule has 0 aliphatic carbocycles. The Morgan fingerprint density at radius 1 is 0.923 bits per heavy atom. The summed E-state index contributed by atoms with van der Waals surface area (Å²) in [6.45, 7) is 11.9. The van der Waals surface area contributed by atoms with Crippen LogP contribution in [0.2, 0.25) is 0 Å². The maximum absolute atomic E-state index is 11.7. The molecule has 26 heavy (non-hydrogen) atoms. The fourth-order valence-corrected chi connectivity index (χ4v) is 3.56. The normalized spacial score (nSPS) is 13.4. The van der Waals surface area contributed by atoms with Crippen LogP contribution in [-0.2, 0) is 9.63 Å². The SMILES string of the molecule is C=CC(=O)O[N+](C)(C)C(C=C)(CC)CCCCCCCCCCCC.[Cl-]. The van der Waals surface area contributed by atoms with Gasteiger partial charge in [-0.2, -0.15) is 0 Å². The molecule has 0 saturated carbocycles. The van der Waals surface area contributed by atoms with E-state index in [0.717, 1.165) is 19.3 Å². The van der Waals surface area contributed by atoms with E-state index in [1.165, 1.54) is 63.9 Å². The zero-order valence-electron chi connectivity index (χ0n) is 17.7. The minimum absolute atomic E-state index is 0. The molecule has 0 aromatic heterocycles. The lowest BCUT2D eigenvalue weighted by Crippen LogP contribution is -3.00. The molecule has 3 nitrogen and oxygen atoms in total. The lowest BCUT2D eigenvalue weighted by atomic mass is 9.87. The van der Waals surface area contributed by atoms with Gasteiger partial charge in [0.15, 0.2) is 5.54 Å². The van der Waals surface area contributed by atoms with E-state index in [2.05, 4.69) is 27.0 Å². The molecule has 1 unspecified atom stereocenters. The van der Waals surface area contributed by atoms with Gasteiger partial charge in [0.25, 0.3) is 0 Å². The minimum Gasteiger partial charge on any atom is -1.00 e. The number of likely N-dealkylation sites (N-methyl/N-ethyl adjacent to an activating group) is 1. The second-order valence-electron chi connectivity index (χ2n) is 7.56. The number of hydroxylamine groups is 3. The van der Waals surface area contributed by atoms with E-state index >= 15 is 0 Å². The molecular formula is C22H42ClNO2. The number of carbonyl (C=O) groups is 1. The van der Waals surface area contributed by atoms with E-state index in [-0.39, 0.29) is 28.6 Å². The summed E-state index contributed by atoms with van der Waals surface area (Å²) in [6.07, 6.45) is 18.3. The second kappa shape index (κ2) is 15.3. The monoisotopic (exact) mass is 387 g/mol. The molecule has 0 aromatic rings. The summed E-state index contributed by atoms with van der Waals surface area (Å²) in [4.78, 5) is 17.2. The highest BCUT2D eigenvalue weighted by Crippen LogP contribution is 2.33. The van der Waals surface area contributed by atoms with Gasteiger partial charge in [0.05, 0.1) is 0 Å². The summed E-state index contributed by atoms with van der Waals surface area (Å²) in [6, 6.07) is 0. The van der Waals surface area contributed by atoms with Gasteiger partial charge in [-0.1, -0.05) is 84.8 Å². The van der Waals surface area contributed by atoms with Gasteiger partial charge in [-0.3, -0.25) is 4.84 Å². The van der Waals surface area contributed by atoms with Crippen LogP contribution in [0.1, 0.15) is 90.9 Å². The smallest absolute Gasteiger partial charge is 0.389 e. The molecule has 1 atom stereocenters. The summed E-state index contributed by atoms with van der Waals surface area (Å²) in [7, 11) is 3.87. The van der Waals surface area contributed by atoms with Gasteiger partial charge in [0, 0.05) is 18.9 Å². The van der Waals surface area contributed by atoms with Gasteiger partial charge in [-0.25, -0.2) is 4.79 Å². The standard InChI is InChI=1S/C22H42NO2.ClH/c1-7-11-12-13-14-15-16-17-18-19-20-22(9-3,10-4)23(5,6)25-21(24)8-2;/h8-9H,2-3,7,10-20H2,1,4-6H3;1H/q+1;/p-1. The Bertz CT molecular complexity index is 396. The highest BCUT2D eigenvalue weighted by molar-refractivity contribution is 5.80. The lowest BCUT2D eigenvalue weighted by Gasteiger charge is -2.42. The average Bonchev–Trinajstić information content (AvgIpc) is 2.59. The van der Waals surface area contributed by atoms with Crippen LogP contribution in [0.15, 0.2) is 25.3 Å². The molecule has 0 radical (unpaired) electrons. The first-order valence-electron chi connectivity index (χ1n) is 10.2. The van der Waals surface area contributed by atoms with Crippen molar-refractivity contribution in [1.82, 2.24) is 0 Å². The van der Waals surface area contributed by atoms with Crippen molar-refractivity contribution in [2.45, 2.75) is 96.4 Å². The average molecular weight is 388 g/mol. The van der Waals surface area contributed by atoms with Gasteiger partial charge in [0.2, 0.25) is 0 Å². The molecule has 0 aromatic carbocycles. The van der Waals surface area contributed by atoms with Crippen molar-refractivity contribution in [3.05, 3.63) is 25.3 Å². The Labute approximate surface area is 168 Å². The third kappa shape index (κ3) is 9.78. The Morgan fingerprint density at radius 3 is 1.77 bits per heavy atom. The van der Waals surface area contributed by atoms with Crippen LogP contribution < -0.4 is 12.4 Å². The van der Waals surface area contributed by atoms with Crippen molar-refractivity contribution >= 4 is 5.97 Å². The topological polar surface area (TPSA) is 26.3 Å². The summed E-state index contributed by atoms with van der Waals surface area (Å²) in [5.74, 6) is -0.382. The highest BCUT2D eigenvalue weighted by Gasteiger charge is 2.44. The lowest BCUT2D eigenvalue weighted by molar-refractivity contribution is -1.09. The molecule has 0 rings (SSSR count). The first-order valence-corrected chi connectivity index (χ1v) is 10.2. The zero-order chi connectivity index (χ0) is 19.2. The molecule has 0 saturated heterocycles. The predicted octanol–water partition coefficient (Wildman–Crippen LogP) is 3.36. The fraction of sp³-hybridized carbons (Fsp3) is 0.773. The first kappa shape index (κ1) is 27.4. The zero-order valence-corrected chi connectivity index (χ0v) is 18.5. The molecule has 4 heteroatoms. The number of nitrogens with zero attached hydrogens (tertiary/aromatic N) is 1. The minimum atomic E-state index is -0.382. The van der Waals surface area contributed by atoms with Gasteiger partial charge in [-0.05, 0) is 12.5 Å². The number of carbonyl (C=O) groups excluding carboxylic acids is 1. The number of rotatable bonds is 16. The van der Waals surface area contributed by atoms with Gasteiger partial charge >= 0.3 is 5.97 Å². The van der Waals surface area contributed by atoms with Crippen LogP contribution in [0.3, 0.4) is 0 Å². The van der Waals surface area contributed by atoms with Crippen LogP contribution in [0.4, 0.5) is 0 Å². The van der Waals surface area contributed by atoms with Crippen LogP contribution >= 0.6 is 0 Å². The molecule has 0 amide bonds. The van der Waals surface area contributed by atoms with E-state index in [0.29, 0.717) is 0 Å². The van der Waals surface area contributed by atoms with Crippen molar-refractivity contribution in [2.75, 3.05) is 14.1 Å². The summed E-state index contributed by atoms with van der Waals surface area (Å²) in [5.41, 5.74) is -0.237. The van der Waals surface area contributed by atoms with Crippen molar-refractivity contribution in [2.24, 2.45) is 0 Å². The van der Waals surface area contributed by atoms with E-state index < -0.39 is 0 Å². The first-order chi connectivity index (χ1) is 11.9. The van der Waals surface area contributed by atoms with Crippen LogP contribution in [0.25, 0.3) is 0 Å². The Balaban J connectivity index is 0. The van der Waals surface area contributed by atoms with E-state index in [9.17, 15) is 4.79 Å². The van der Waals surface area contributed by atoms with Crippen LogP contribution in [-0.4, -0.2) is 30.2 Å². The number of hydrogen-bond acceptors (Lipinski definition) is 2. The third-order valence-corrected chi connectivity index (χ3v) is 5.51. The van der Waals surface area contributed by atoms with Crippen LogP contribution in [0.5, 0.6) is 0 Å². The molecule has 0 spiro atoms. The Morgan fingerprint density at radius 2 is 1.38 bits per heavy atom. The summed E-state index contributed by atoms with van der Waals surface area (Å²) in [5, 5.41) is 0. The van der Waals surface area contributed by atoms with Crippen molar-refractivity contribution in [3.8, 4) is 0 Å². The molecule has 154 valence electrons. The van der Waals surface area contributed by atoms with E-state index in [1.807, 2.05) is 20.2 Å². The largest absolute Gasteiger partial charge is 1.00 e. The second-order valence-corrected chi connectivity index (χ2v) is 7.56. The Hall–Kier alpha value is -0.800. The third-order valence-electron chi connectivity index (χ3n) is 5.51. The van der Waals surface area contributed by atoms with Crippen molar-refractivity contribution < 1.29 is 26.7 Å². The van der Waals surface area contributed by atoms with Gasteiger partial charge in [-0.15, -0.1) is 4.65 Å². The number of halogens is 1. The van der Waals surface area contributed by atoms with E-state index in [1.54, 1.807) is 0 Å². The van der Waals surface area contributed by atoms with Crippen molar-refractivity contribution in [1.29, 1.82) is 0 Å². The predicted molar refractivity (Wildman–Crippen MR) is 108 cm³/mol. The molecular weight excluding hydrogens is 346 g/mol. The molecule has 0 fully saturated rings. The maximum atomic E-state index is 11.7. The molecule has 0 N–H and O–H groups in total. The van der Waals surface area contributed by atoms with E-state index in [4.69, 9.17) is 4.84 Å². The summed E-state index contributed by atoms with van der Waals surface area (Å²) >= 11 is 0. The summed E-state index contributed by atoms with van der Waals surface area (Å²) < 4.78 is 0.176. The van der Waals surface area contributed by atoms with Crippen molar-refractivity contribution in [3.63, 3.8) is 0 Å². The molecule has 0 aliphatic heterocycles. The highest BCUT2D eigenvalue weighted by atomic mass is 35.5. The van der Waals surface area contributed by atoms with Crippen LogP contribution in [0, 0.1) is 0 Å².